The van der Waals surface area contributed by atoms with Crippen LogP contribution in [0.25, 0.3) is 0 Å². The van der Waals surface area contributed by atoms with Crippen molar-refractivity contribution in [3.63, 3.8) is 0 Å². The van der Waals surface area contributed by atoms with Crippen molar-refractivity contribution in [1.29, 1.82) is 0 Å². The lowest BCUT2D eigenvalue weighted by molar-refractivity contribution is -0.119. The monoisotopic (exact) mass is 512 g/mol. The molecule has 1 amide bonds. The zero-order valence-electron chi connectivity index (χ0n) is 17.9. The van der Waals surface area contributed by atoms with Gasteiger partial charge in [0.25, 0.3) is 5.91 Å². The Morgan fingerprint density at radius 2 is 1.84 bits per heavy atom. The molecule has 2 aromatic rings. The molecule has 0 aliphatic carbocycles. The lowest BCUT2D eigenvalue weighted by Crippen LogP contribution is -2.39. The SMILES string of the molecule is COc1ccc(OC)c(N(CC(=O)N/N=C\c2ccc(N(C)C)c(Br)c2)S(C)(=O)=O)c1. The van der Waals surface area contributed by atoms with E-state index in [4.69, 9.17) is 9.47 Å². The van der Waals surface area contributed by atoms with Crippen molar-refractivity contribution in [2.24, 2.45) is 5.10 Å². The number of sulfonamides is 1. The quantitative estimate of drug-likeness (QED) is 0.409. The molecule has 11 heteroatoms. The highest BCUT2D eigenvalue weighted by molar-refractivity contribution is 9.10. The van der Waals surface area contributed by atoms with Gasteiger partial charge in [0.05, 0.1) is 38.1 Å². The fourth-order valence-corrected chi connectivity index (χ4v) is 4.29. The van der Waals surface area contributed by atoms with Crippen LogP contribution in [0.2, 0.25) is 0 Å². The predicted molar refractivity (Wildman–Crippen MR) is 126 cm³/mol. The van der Waals surface area contributed by atoms with Crippen molar-refractivity contribution in [3.8, 4) is 11.5 Å². The van der Waals surface area contributed by atoms with Gasteiger partial charge in [-0.2, -0.15) is 5.10 Å². The first-order chi connectivity index (χ1) is 14.6. The van der Waals surface area contributed by atoms with Crippen molar-refractivity contribution in [1.82, 2.24) is 5.43 Å². The maximum atomic E-state index is 12.4. The molecule has 0 fully saturated rings. The van der Waals surface area contributed by atoms with E-state index in [2.05, 4.69) is 26.5 Å². The molecule has 0 unspecified atom stereocenters. The summed E-state index contributed by atoms with van der Waals surface area (Å²) in [5, 5.41) is 3.93. The second-order valence-electron chi connectivity index (χ2n) is 6.71. The van der Waals surface area contributed by atoms with E-state index in [9.17, 15) is 13.2 Å². The van der Waals surface area contributed by atoms with Crippen LogP contribution < -0.4 is 24.1 Å². The van der Waals surface area contributed by atoms with Gasteiger partial charge in [0.15, 0.2) is 0 Å². The molecular formula is C20H25BrN4O5S. The summed E-state index contributed by atoms with van der Waals surface area (Å²) in [7, 11) is 2.94. The summed E-state index contributed by atoms with van der Waals surface area (Å²) in [6.45, 7) is -0.483. The third-order valence-corrected chi connectivity index (χ3v) is 5.96. The van der Waals surface area contributed by atoms with Gasteiger partial charge in [0.1, 0.15) is 18.0 Å². The number of amides is 1. The highest BCUT2D eigenvalue weighted by Gasteiger charge is 2.24. The average molecular weight is 513 g/mol. The van der Waals surface area contributed by atoms with E-state index in [1.54, 1.807) is 12.1 Å². The van der Waals surface area contributed by atoms with Gasteiger partial charge in [0, 0.05) is 24.6 Å². The Morgan fingerprint density at radius 1 is 1.13 bits per heavy atom. The van der Waals surface area contributed by atoms with Crippen molar-refractivity contribution < 1.29 is 22.7 Å². The zero-order chi connectivity index (χ0) is 23.2. The summed E-state index contributed by atoms with van der Waals surface area (Å²) in [4.78, 5) is 14.4. The smallest absolute Gasteiger partial charge is 0.260 e. The Hall–Kier alpha value is -2.79. The molecule has 0 aromatic heterocycles. The summed E-state index contributed by atoms with van der Waals surface area (Å²) in [5.74, 6) is 0.0958. The van der Waals surface area contributed by atoms with E-state index in [1.165, 1.54) is 26.5 Å². The number of benzene rings is 2. The van der Waals surface area contributed by atoms with Crippen molar-refractivity contribution in [3.05, 3.63) is 46.4 Å². The third-order valence-electron chi connectivity index (χ3n) is 4.20. The highest BCUT2D eigenvalue weighted by Crippen LogP contribution is 2.33. The van der Waals surface area contributed by atoms with Gasteiger partial charge in [-0.1, -0.05) is 6.07 Å². The molecular weight excluding hydrogens is 488 g/mol. The van der Waals surface area contributed by atoms with Crippen LogP contribution in [-0.2, 0) is 14.8 Å². The van der Waals surface area contributed by atoms with Crippen LogP contribution in [0.3, 0.4) is 0 Å². The minimum Gasteiger partial charge on any atom is -0.497 e. The number of hydrogen-bond acceptors (Lipinski definition) is 7. The summed E-state index contributed by atoms with van der Waals surface area (Å²) in [6.07, 6.45) is 2.48. The van der Waals surface area contributed by atoms with Gasteiger partial charge in [0.2, 0.25) is 10.0 Å². The van der Waals surface area contributed by atoms with Gasteiger partial charge >= 0.3 is 0 Å². The van der Waals surface area contributed by atoms with Crippen LogP contribution in [0, 0.1) is 0 Å². The Morgan fingerprint density at radius 3 is 2.39 bits per heavy atom. The Labute approximate surface area is 190 Å². The maximum absolute atomic E-state index is 12.4. The minimum absolute atomic E-state index is 0.187. The topological polar surface area (TPSA) is 101 Å². The standard InChI is InChI=1S/C20H25BrN4O5S/c1-24(2)17-8-6-14(10-16(17)21)12-22-23-20(26)13-25(31(5,27)28)18-11-15(29-3)7-9-19(18)30-4/h6-12H,13H2,1-5H3,(H,23,26)/b22-12-. The second kappa shape index (κ2) is 10.5. The maximum Gasteiger partial charge on any atom is 0.260 e. The normalized spacial score (nSPS) is 11.3. The van der Waals surface area contributed by atoms with Crippen LogP contribution in [0.1, 0.15) is 5.56 Å². The minimum atomic E-state index is -3.79. The average Bonchev–Trinajstić information content (AvgIpc) is 2.70. The number of carbonyl (C=O) groups is 1. The second-order valence-corrected chi connectivity index (χ2v) is 9.47. The molecule has 0 aliphatic rings. The first kappa shape index (κ1) is 24.5. The summed E-state index contributed by atoms with van der Waals surface area (Å²) >= 11 is 3.49. The molecule has 9 nitrogen and oxygen atoms in total. The van der Waals surface area contributed by atoms with E-state index in [1.807, 2.05) is 37.2 Å². The van der Waals surface area contributed by atoms with Crippen LogP contribution in [0.5, 0.6) is 11.5 Å². The van der Waals surface area contributed by atoms with Crippen molar-refractivity contribution >= 4 is 49.4 Å². The van der Waals surface area contributed by atoms with Crippen LogP contribution >= 0.6 is 15.9 Å². The van der Waals surface area contributed by atoms with Crippen LogP contribution in [0.4, 0.5) is 11.4 Å². The molecule has 0 saturated carbocycles. The van der Waals surface area contributed by atoms with E-state index < -0.39 is 22.5 Å². The molecule has 0 bridgehead atoms. The molecule has 1 N–H and O–H groups in total. The number of nitrogens with zero attached hydrogens (tertiary/aromatic N) is 3. The number of carbonyl (C=O) groups excluding carboxylic acids is 1. The molecule has 0 heterocycles. The van der Waals surface area contributed by atoms with Gasteiger partial charge in [-0.3, -0.25) is 9.10 Å². The lowest BCUT2D eigenvalue weighted by atomic mass is 10.2. The van der Waals surface area contributed by atoms with E-state index in [0.717, 1.165) is 26.3 Å². The predicted octanol–water partition coefficient (Wildman–Crippen LogP) is 2.45. The van der Waals surface area contributed by atoms with E-state index in [0.29, 0.717) is 5.75 Å². The number of hydrogen-bond donors (Lipinski definition) is 1. The Kier molecular flexibility index (Phi) is 8.28. The van der Waals surface area contributed by atoms with Crippen molar-refractivity contribution in [2.45, 2.75) is 0 Å². The molecule has 2 aromatic carbocycles. The molecule has 0 saturated heterocycles. The third kappa shape index (κ3) is 6.59. The highest BCUT2D eigenvalue weighted by atomic mass is 79.9. The number of anilines is 2. The van der Waals surface area contributed by atoms with Crippen LogP contribution in [0.15, 0.2) is 46.0 Å². The summed E-state index contributed by atoms with van der Waals surface area (Å²) in [5.41, 5.74) is 4.29. The Balaban J connectivity index is 2.18. The lowest BCUT2D eigenvalue weighted by Gasteiger charge is -2.23. The zero-order valence-corrected chi connectivity index (χ0v) is 20.3. The van der Waals surface area contributed by atoms with Crippen molar-refractivity contribution in [2.75, 3.05) is 50.3 Å². The van der Waals surface area contributed by atoms with Gasteiger partial charge in [-0.15, -0.1) is 0 Å². The largest absolute Gasteiger partial charge is 0.497 e. The first-order valence-corrected chi connectivity index (χ1v) is 11.7. The molecule has 31 heavy (non-hydrogen) atoms. The molecule has 168 valence electrons. The van der Waals surface area contributed by atoms with Gasteiger partial charge < -0.3 is 14.4 Å². The van der Waals surface area contributed by atoms with Gasteiger partial charge in [-0.25, -0.2) is 13.8 Å². The van der Waals surface area contributed by atoms with E-state index >= 15 is 0 Å². The fourth-order valence-electron chi connectivity index (χ4n) is 2.68. The molecule has 0 aliphatic heterocycles. The molecule has 0 spiro atoms. The van der Waals surface area contributed by atoms with E-state index in [-0.39, 0.29) is 11.4 Å². The number of hydrazone groups is 1. The number of nitrogens with one attached hydrogen (secondary N) is 1. The number of rotatable bonds is 9. The van der Waals surface area contributed by atoms with Gasteiger partial charge in [-0.05, 0) is 45.8 Å². The van der Waals surface area contributed by atoms with Crippen LogP contribution in [-0.4, -0.2) is 61.7 Å². The first-order valence-electron chi connectivity index (χ1n) is 9.05. The summed E-state index contributed by atoms with van der Waals surface area (Å²) < 4.78 is 36.9. The summed E-state index contributed by atoms with van der Waals surface area (Å²) in [6, 6.07) is 10.3. The number of halogens is 1. The molecule has 0 atom stereocenters. The Bertz CT molecular complexity index is 1070. The molecule has 2 rings (SSSR count). The fraction of sp³-hybridized carbons (Fsp3) is 0.300. The molecule has 0 radical (unpaired) electrons. The number of ether oxygens (including phenoxy) is 2. The number of methoxy groups -OCH3 is 2.